The third-order valence-electron chi connectivity index (χ3n) is 5.99. The number of para-hydroxylation sites is 1. The Morgan fingerprint density at radius 2 is 1.80 bits per heavy atom. The summed E-state index contributed by atoms with van der Waals surface area (Å²) in [7, 11) is 0. The summed E-state index contributed by atoms with van der Waals surface area (Å²) in [6, 6.07) is 15.8. The fraction of sp³-hybridized carbons (Fsp3) is 0.464. The number of hydrogen-bond acceptors (Lipinski definition) is 5. The van der Waals surface area contributed by atoms with E-state index in [0.29, 0.717) is 49.8 Å². The van der Waals surface area contributed by atoms with Crippen LogP contribution in [0.5, 0.6) is 11.6 Å². The number of hydrogen-bond donors (Lipinski definition) is 1. The van der Waals surface area contributed by atoms with Crippen molar-refractivity contribution < 1.29 is 19.0 Å². The van der Waals surface area contributed by atoms with Crippen LogP contribution in [0.3, 0.4) is 0 Å². The number of nitrogens with zero attached hydrogens (tertiary/aromatic N) is 3. The van der Waals surface area contributed by atoms with Gasteiger partial charge in [0.2, 0.25) is 5.88 Å². The zero-order valence-electron chi connectivity index (χ0n) is 20.9. The van der Waals surface area contributed by atoms with E-state index in [1.807, 2.05) is 37.3 Å². The van der Waals surface area contributed by atoms with Gasteiger partial charge in [-0.2, -0.15) is 5.10 Å². The first kappa shape index (κ1) is 25.4. The Kier molecular flexibility index (Phi) is 8.55. The summed E-state index contributed by atoms with van der Waals surface area (Å²) in [5.74, 6) is 1.92. The minimum atomic E-state index is -0.571. The van der Waals surface area contributed by atoms with Crippen LogP contribution in [0.25, 0.3) is 5.69 Å². The lowest BCUT2D eigenvalue weighted by molar-refractivity contribution is 0.00609. The summed E-state index contributed by atoms with van der Waals surface area (Å²) in [4.78, 5) is 2.28. The molecule has 1 saturated carbocycles. The largest absolute Gasteiger partial charge is 0.439 e. The standard InChI is InChI=1S/C28H36FN3O3/c1-20(2)18-34-19-25(33)16-31(15-22-9-10-22)17-27-21(3)30-32(24-7-5-4-6-8-24)28(27)35-26-13-11-23(29)12-14-26/h4-8,11-14,20,22,25,33H,9-10,15-19H2,1-3H3/t25-/m0/s1. The monoisotopic (exact) mass is 481 g/mol. The number of halogens is 1. The number of rotatable bonds is 13. The number of ether oxygens (including phenoxy) is 2. The molecule has 0 saturated heterocycles. The average Bonchev–Trinajstić information content (AvgIpc) is 3.60. The Balaban J connectivity index is 1.59. The predicted octanol–water partition coefficient (Wildman–Crippen LogP) is 5.36. The molecule has 4 rings (SSSR count). The van der Waals surface area contributed by atoms with E-state index in [-0.39, 0.29) is 5.82 Å². The molecule has 1 aliphatic carbocycles. The number of benzene rings is 2. The maximum Gasteiger partial charge on any atom is 0.227 e. The molecule has 2 aromatic carbocycles. The molecule has 1 heterocycles. The lowest BCUT2D eigenvalue weighted by Gasteiger charge is -2.25. The Labute approximate surface area is 207 Å². The van der Waals surface area contributed by atoms with E-state index in [1.165, 1.54) is 25.0 Å². The fourth-order valence-corrected chi connectivity index (χ4v) is 4.07. The van der Waals surface area contributed by atoms with Crippen molar-refractivity contribution in [3.8, 4) is 17.3 Å². The molecule has 7 heteroatoms. The molecule has 1 fully saturated rings. The first-order chi connectivity index (χ1) is 16.9. The molecule has 0 amide bonds. The van der Waals surface area contributed by atoms with Gasteiger partial charge in [0, 0.05) is 26.2 Å². The summed E-state index contributed by atoms with van der Waals surface area (Å²) in [5, 5.41) is 15.5. The van der Waals surface area contributed by atoms with Crippen molar-refractivity contribution in [2.75, 3.05) is 26.3 Å². The van der Waals surface area contributed by atoms with Gasteiger partial charge in [-0.15, -0.1) is 0 Å². The molecular formula is C28H36FN3O3. The highest BCUT2D eigenvalue weighted by atomic mass is 19.1. The molecule has 1 atom stereocenters. The van der Waals surface area contributed by atoms with Crippen molar-refractivity contribution in [3.63, 3.8) is 0 Å². The molecular weight excluding hydrogens is 445 g/mol. The highest BCUT2D eigenvalue weighted by Crippen LogP contribution is 2.34. The van der Waals surface area contributed by atoms with E-state index in [4.69, 9.17) is 14.6 Å². The number of aromatic nitrogens is 2. The van der Waals surface area contributed by atoms with Gasteiger partial charge in [-0.1, -0.05) is 32.0 Å². The van der Waals surface area contributed by atoms with Crippen LogP contribution < -0.4 is 4.74 Å². The Morgan fingerprint density at radius 3 is 2.46 bits per heavy atom. The van der Waals surface area contributed by atoms with Gasteiger partial charge in [0.1, 0.15) is 11.6 Å². The summed E-state index contributed by atoms with van der Waals surface area (Å²) >= 11 is 0. The lowest BCUT2D eigenvalue weighted by atomic mass is 10.2. The van der Waals surface area contributed by atoms with Crippen LogP contribution in [-0.4, -0.2) is 52.2 Å². The number of aliphatic hydroxyl groups is 1. The molecule has 1 aliphatic rings. The van der Waals surface area contributed by atoms with Crippen molar-refractivity contribution in [2.45, 2.75) is 46.3 Å². The zero-order valence-corrected chi connectivity index (χ0v) is 20.9. The quantitative estimate of drug-likeness (QED) is 0.356. The minimum absolute atomic E-state index is 0.311. The molecule has 0 spiro atoms. The van der Waals surface area contributed by atoms with Crippen LogP contribution in [0, 0.1) is 24.6 Å². The van der Waals surface area contributed by atoms with Crippen molar-refractivity contribution in [2.24, 2.45) is 11.8 Å². The molecule has 0 bridgehead atoms. The lowest BCUT2D eigenvalue weighted by Crippen LogP contribution is -2.36. The van der Waals surface area contributed by atoms with Crippen LogP contribution in [0.4, 0.5) is 4.39 Å². The molecule has 0 radical (unpaired) electrons. The highest BCUT2D eigenvalue weighted by Gasteiger charge is 2.28. The van der Waals surface area contributed by atoms with Gasteiger partial charge in [-0.3, -0.25) is 4.90 Å². The second-order valence-electron chi connectivity index (χ2n) is 9.90. The average molecular weight is 482 g/mol. The van der Waals surface area contributed by atoms with Gasteiger partial charge >= 0.3 is 0 Å². The Hall–Kier alpha value is -2.74. The normalized spacial score (nSPS) is 14.6. The van der Waals surface area contributed by atoms with E-state index < -0.39 is 6.10 Å². The molecule has 188 valence electrons. The van der Waals surface area contributed by atoms with Gasteiger partial charge in [0.25, 0.3) is 0 Å². The summed E-state index contributed by atoms with van der Waals surface area (Å²) in [6.07, 6.45) is 1.87. The number of aliphatic hydroxyl groups excluding tert-OH is 1. The second kappa shape index (κ2) is 11.8. The highest BCUT2D eigenvalue weighted by molar-refractivity contribution is 5.43. The smallest absolute Gasteiger partial charge is 0.227 e. The Morgan fingerprint density at radius 1 is 1.09 bits per heavy atom. The minimum Gasteiger partial charge on any atom is -0.439 e. The van der Waals surface area contributed by atoms with Crippen LogP contribution in [-0.2, 0) is 11.3 Å². The predicted molar refractivity (Wildman–Crippen MR) is 134 cm³/mol. The van der Waals surface area contributed by atoms with E-state index in [2.05, 4.69) is 18.7 Å². The van der Waals surface area contributed by atoms with E-state index in [1.54, 1.807) is 16.8 Å². The maximum absolute atomic E-state index is 13.5. The first-order valence-corrected chi connectivity index (χ1v) is 12.4. The topological polar surface area (TPSA) is 59.8 Å². The SMILES string of the molecule is Cc1nn(-c2ccccc2)c(Oc2ccc(F)cc2)c1CN(CC1CC1)C[C@H](O)COCC(C)C. The molecule has 35 heavy (non-hydrogen) atoms. The van der Waals surface area contributed by atoms with Gasteiger partial charge in [-0.05, 0) is 68.0 Å². The third-order valence-corrected chi connectivity index (χ3v) is 5.99. The number of aryl methyl sites for hydroxylation is 1. The second-order valence-corrected chi connectivity index (χ2v) is 9.90. The van der Waals surface area contributed by atoms with Crippen LogP contribution in [0.2, 0.25) is 0 Å². The third kappa shape index (κ3) is 7.37. The molecule has 3 aromatic rings. The van der Waals surface area contributed by atoms with E-state index in [9.17, 15) is 9.50 Å². The Bertz CT molecular complexity index is 1070. The molecule has 1 aromatic heterocycles. The van der Waals surface area contributed by atoms with Gasteiger partial charge in [0.15, 0.2) is 0 Å². The summed E-state index contributed by atoms with van der Waals surface area (Å²) < 4.78 is 27.3. The van der Waals surface area contributed by atoms with Crippen molar-refractivity contribution in [1.29, 1.82) is 0 Å². The van der Waals surface area contributed by atoms with Gasteiger partial charge in [-0.25, -0.2) is 9.07 Å². The molecule has 6 nitrogen and oxygen atoms in total. The van der Waals surface area contributed by atoms with Crippen molar-refractivity contribution in [1.82, 2.24) is 14.7 Å². The molecule has 0 aliphatic heterocycles. The van der Waals surface area contributed by atoms with E-state index in [0.717, 1.165) is 23.5 Å². The van der Waals surface area contributed by atoms with Crippen LogP contribution >= 0.6 is 0 Å². The summed E-state index contributed by atoms with van der Waals surface area (Å²) in [6.45, 7) is 9.15. The van der Waals surface area contributed by atoms with Crippen molar-refractivity contribution >= 4 is 0 Å². The van der Waals surface area contributed by atoms with Crippen LogP contribution in [0.1, 0.15) is 37.9 Å². The van der Waals surface area contributed by atoms with Gasteiger partial charge in [0.05, 0.1) is 29.7 Å². The molecule has 1 N–H and O–H groups in total. The maximum atomic E-state index is 13.5. The van der Waals surface area contributed by atoms with Gasteiger partial charge < -0.3 is 14.6 Å². The molecule has 0 unspecified atom stereocenters. The fourth-order valence-electron chi connectivity index (χ4n) is 4.07. The van der Waals surface area contributed by atoms with E-state index >= 15 is 0 Å². The van der Waals surface area contributed by atoms with Crippen molar-refractivity contribution in [3.05, 3.63) is 71.7 Å². The summed E-state index contributed by atoms with van der Waals surface area (Å²) in [5.41, 5.74) is 2.70. The van der Waals surface area contributed by atoms with Crippen LogP contribution in [0.15, 0.2) is 54.6 Å². The zero-order chi connectivity index (χ0) is 24.8. The first-order valence-electron chi connectivity index (χ1n) is 12.4.